The summed E-state index contributed by atoms with van der Waals surface area (Å²) in [6.45, 7) is 2.44. The summed E-state index contributed by atoms with van der Waals surface area (Å²) < 4.78 is 10.1. The maximum atomic E-state index is 5.41. The average molecular weight is 170 g/mol. The summed E-state index contributed by atoms with van der Waals surface area (Å²) in [6, 6.07) is 1.86. The van der Waals surface area contributed by atoms with Gasteiger partial charge in [-0.3, -0.25) is 0 Å². The Bertz CT molecular complexity index is 235. The van der Waals surface area contributed by atoms with Gasteiger partial charge in [-0.05, 0) is 19.9 Å². The van der Waals surface area contributed by atoms with E-state index in [1.807, 2.05) is 13.0 Å². The van der Waals surface area contributed by atoms with Crippen LogP contribution in [0, 0.1) is 6.92 Å². The third-order valence-electron chi connectivity index (χ3n) is 1.69. The number of aryl methyl sites for hydroxylation is 1. The van der Waals surface area contributed by atoms with E-state index < -0.39 is 0 Å². The zero-order valence-electron chi connectivity index (χ0n) is 7.41. The third kappa shape index (κ3) is 2.06. The predicted octanol–water partition coefficient (Wildman–Crippen LogP) is 1.02. The lowest BCUT2D eigenvalue weighted by Gasteiger charge is -2.09. The first-order chi connectivity index (χ1) is 5.77. The molecule has 0 aromatic carbocycles. The molecular formula is C8H14N2O2. The normalized spacial score (nSPS) is 13.2. The summed E-state index contributed by atoms with van der Waals surface area (Å²) in [5.41, 5.74) is 6.23. The summed E-state index contributed by atoms with van der Waals surface area (Å²) in [4.78, 5) is 0. The Morgan fingerprint density at radius 1 is 1.75 bits per heavy atom. The first-order valence-corrected chi connectivity index (χ1v) is 3.94. The lowest BCUT2D eigenvalue weighted by Crippen LogP contribution is -2.09. The Labute approximate surface area is 71.7 Å². The third-order valence-corrected chi connectivity index (χ3v) is 1.69. The van der Waals surface area contributed by atoms with Crippen molar-refractivity contribution in [2.45, 2.75) is 19.4 Å². The van der Waals surface area contributed by atoms with Crippen LogP contribution in [0.4, 0.5) is 0 Å². The quantitative estimate of drug-likeness (QED) is 0.732. The number of hydrogen-bond acceptors (Lipinski definition) is 4. The molecule has 12 heavy (non-hydrogen) atoms. The summed E-state index contributed by atoms with van der Waals surface area (Å²) >= 11 is 0. The SMILES string of the molecule is COC(CCN)c1cc(C)on1. The minimum Gasteiger partial charge on any atom is -0.375 e. The van der Waals surface area contributed by atoms with Crippen LogP contribution in [0.2, 0.25) is 0 Å². The van der Waals surface area contributed by atoms with E-state index in [-0.39, 0.29) is 6.10 Å². The van der Waals surface area contributed by atoms with Gasteiger partial charge >= 0.3 is 0 Å². The van der Waals surface area contributed by atoms with Crippen LogP contribution in [0.3, 0.4) is 0 Å². The lowest BCUT2D eigenvalue weighted by atomic mass is 10.2. The molecule has 1 atom stereocenters. The Balaban J connectivity index is 2.66. The van der Waals surface area contributed by atoms with Crippen LogP contribution in [0.5, 0.6) is 0 Å². The van der Waals surface area contributed by atoms with Gasteiger partial charge in [0.25, 0.3) is 0 Å². The van der Waals surface area contributed by atoms with Crippen molar-refractivity contribution >= 4 is 0 Å². The fraction of sp³-hybridized carbons (Fsp3) is 0.625. The van der Waals surface area contributed by atoms with Crippen molar-refractivity contribution in [3.05, 3.63) is 17.5 Å². The molecule has 0 saturated carbocycles. The van der Waals surface area contributed by atoms with E-state index in [1.165, 1.54) is 0 Å². The van der Waals surface area contributed by atoms with Gasteiger partial charge in [-0.1, -0.05) is 5.16 Å². The number of ether oxygens (including phenoxy) is 1. The highest BCUT2D eigenvalue weighted by Crippen LogP contribution is 2.18. The molecule has 4 nitrogen and oxygen atoms in total. The van der Waals surface area contributed by atoms with Gasteiger partial charge < -0.3 is 15.0 Å². The number of nitrogens with zero attached hydrogens (tertiary/aromatic N) is 1. The van der Waals surface area contributed by atoms with E-state index >= 15 is 0 Å². The van der Waals surface area contributed by atoms with Gasteiger partial charge in [0.15, 0.2) is 0 Å². The van der Waals surface area contributed by atoms with Gasteiger partial charge in [-0.25, -0.2) is 0 Å². The van der Waals surface area contributed by atoms with Crippen molar-refractivity contribution in [1.82, 2.24) is 5.16 Å². The van der Waals surface area contributed by atoms with E-state index in [9.17, 15) is 0 Å². The minimum absolute atomic E-state index is 0.0348. The monoisotopic (exact) mass is 170 g/mol. The van der Waals surface area contributed by atoms with Crippen LogP contribution in [0.25, 0.3) is 0 Å². The molecule has 1 aromatic rings. The van der Waals surface area contributed by atoms with Crippen LogP contribution in [0.15, 0.2) is 10.6 Å². The molecule has 0 radical (unpaired) electrons. The number of nitrogens with two attached hydrogens (primary N) is 1. The molecule has 1 rings (SSSR count). The fourth-order valence-electron chi connectivity index (χ4n) is 1.08. The van der Waals surface area contributed by atoms with Gasteiger partial charge in [0.1, 0.15) is 17.6 Å². The molecule has 1 heterocycles. The first-order valence-electron chi connectivity index (χ1n) is 3.94. The zero-order valence-corrected chi connectivity index (χ0v) is 7.41. The van der Waals surface area contributed by atoms with Crippen LogP contribution < -0.4 is 5.73 Å². The standard InChI is InChI=1S/C8H14N2O2/c1-6-5-7(10-12-6)8(11-2)3-4-9/h5,8H,3-4,9H2,1-2H3. The van der Waals surface area contributed by atoms with Gasteiger partial charge in [-0.15, -0.1) is 0 Å². The van der Waals surface area contributed by atoms with Gasteiger partial charge in [0.05, 0.1) is 0 Å². The maximum Gasteiger partial charge on any atom is 0.134 e. The zero-order chi connectivity index (χ0) is 8.97. The number of rotatable bonds is 4. The molecule has 0 amide bonds. The maximum absolute atomic E-state index is 5.41. The molecule has 1 unspecified atom stereocenters. The van der Waals surface area contributed by atoms with Gasteiger partial charge in [0, 0.05) is 13.2 Å². The van der Waals surface area contributed by atoms with Gasteiger partial charge in [0.2, 0.25) is 0 Å². The van der Waals surface area contributed by atoms with Crippen molar-refractivity contribution in [3.8, 4) is 0 Å². The first kappa shape index (κ1) is 9.22. The van der Waals surface area contributed by atoms with E-state index in [0.717, 1.165) is 17.9 Å². The molecule has 0 spiro atoms. The molecular weight excluding hydrogens is 156 g/mol. The van der Waals surface area contributed by atoms with Crippen LogP contribution in [-0.2, 0) is 4.74 Å². The second kappa shape index (κ2) is 4.23. The molecule has 0 aliphatic heterocycles. The topological polar surface area (TPSA) is 61.3 Å². The van der Waals surface area contributed by atoms with Crippen molar-refractivity contribution < 1.29 is 9.26 Å². The van der Waals surface area contributed by atoms with Crippen molar-refractivity contribution in [1.29, 1.82) is 0 Å². The molecule has 0 saturated heterocycles. The van der Waals surface area contributed by atoms with E-state index in [0.29, 0.717) is 6.54 Å². The molecule has 2 N–H and O–H groups in total. The number of methoxy groups -OCH3 is 1. The summed E-state index contributed by atoms with van der Waals surface area (Å²) in [7, 11) is 1.64. The van der Waals surface area contributed by atoms with Crippen molar-refractivity contribution in [2.24, 2.45) is 5.73 Å². The highest BCUT2D eigenvalue weighted by Gasteiger charge is 2.13. The fourth-order valence-corrected chi connectivity index (χ4v) is 1.08. The molecule has 4 heteroatoms. The predicted molar refractivity (Wildman–Crippen MR) is 44.7 cm³/mol. The molecule has 0 aliphatic carbocycles. The Kier molecular flexibility index (Phi) is 3.25. The van der Waals surface area contributed by atoms with Gasteiger partial charge in [-0.2, -0.15) is 0 Å². The van der Waals surface area contributed by atoms with E-state index in [1.54, 1.807) is 7.11 Å². The van der Waals surface area contributed by atoms with Crippen LogP contribution in [0.1, 0.15) is 24.0 Å². The summed E-state index contributed by atoms with van der Waals surface area (Å²) in [6.07, 6.45) is 0.732. The minimum atomic E-state index is -0.0348. The summed E-state index contributed by atoms with van der Waals surface area (Å²) in [5.74, 6) is 0.795. The molecule has 1 aromatic heterocycles. The Morgan fingerprint density at radius 3 is 2.92 bits per heavy atom. The highest BCUT2D eigenvalue weighted by atomic mass is 16.5. The number of aromatic nitrogens is 1. The molecule has 68 valence electrons. The Morgan fingerprint density at radius 2 is 2.50 bits per heavy atom. The Hall–Kier alpha value is -0.870. The second-order valence-corrected chi connectivity index (χ2v) is 2.66. The summed E-state index contributed by atoms with van der Waals surface area (Å²) in [5, 5.41) is 3.85. The number of hydrogen-bond donors (Lipinski definition) is 1. The second-order valence-electron chi connectivity index (χ2n) is 2.66. The van der Waals surface area contributed by atoms with E-state index in [4.69, 9.17) is 15.0 Å². The molecule has 0 aliphatic rings. The van der Waals surface area contributed by atoms with Crippen molar-refractivity contribution in [2.75, 3.05) is 13.7 Å². The molecule has 0 fully saturated rings. The van der Waals surface area contributed by atoms with Crippen molar-refractivity contribution in [3.63, 3.8) is 0 Å². The van der Waals surface area contributed by atoms with E-state index in [2.05, 4.69) is 5.16 Å². The highest BCUT2D eigenvalue weighted by molar-refractivity contribution is 5.06. The lowest BCUT2D eigenvalue weighted by molar-refractivity contribution is 0.0911. The largest absolute Gasteiger partial charge is 0.375 e. The molecule has 0 bridgehead atoms. The average Bonchev–Trinajstić information content (AvgIpc) is 2.47. The van der Waals surface area contributed by atoms with Crippen LogP contribution in [-0.4, -0.2) is 18.8 Å². The van der Waals surface area contributed by atoms with Crippen LogP contribution >= 0.6 is 0 Å². The smallest absolute Gasteiger partial charge is 0.134 e.